The molecule has 500 valence electrons. The van der Waals surface area contributed by atoms with Crippen molar-refractivity contribution in [3.63, 3.8) is 0 Å². The lowest BCUT2D eigenvalue weighted by Crippen LogP contribution is -2.40. The van der Waals surface area contributed by atoms with Crippen molar-refractivity contribution in [2.45, 2.75) is 418 Å². The lowest BCUT2D eigenvalue weighted by Gasteiger charge is -2.25. The van der Waals surface area contributed by atoms with Gasteiger partial charge in [0, 0.05) is 12.8 Å². The molecule has 9 nitrogen and oxygen atoms in total. The fourth-order valence-corrected chi connectivity index (χ4v) is 11.8. The molecule has 0 aliphatic rings. The van der Waals surface area contributed by atoms with Crippen molar-refractivity contribution in [2.75, 3.05) is 47.5 Å². The highest BCUT2D eigenvalue weighted by atomic mass is 16.7. The van der Waals surface area contributed by atoms with Gasteiger partial charge in [-0.3, -0.25) is 9.59 Å². The fraction of sp³-hybridized carbons (Fsp3) is 0.960. The van der Waals surface area contributed by atoms with Crippen LogP contribution in [-0.4, -0.2) is 87.4 Å². The molecular formula is C75H148NO8+. The molecule has 0 radical (unpaired) electrons. The van der Waals surface area contributed by atoms with Crippen LogP contribution >= 0.6 is 0 Å². The number of unbranched alkanes of at least 4 members (excludes halogenated alkanes) is 57. The number of carbonyl (C=O) groups is 3. The van der Waals surface area contributed by atoms with E-state index >= 15 is 0 Å². The minimum Gasteiger partial charge on any atom is -0.477 e. The number of nitrogens with zero attached hydrogens (tertiary/aromatic N) is 1. The predicted octanol–water partition coefficient (Wildman–Crippen LogP) is 23.4. The van der Waals surface area contributed by atoms with Gasteiger partial charge >= 0.3 is 17.9 Å². The van der Waals surface area contributed by atoms with E-state index in [1.165, 1.54) is 340 Å². The van der Waals surface area contributed by atoms with E-state index in [0.717, 1.165) is 38.5 Å². The predicted molar refractivity (Wildman–Crippen MR) is 360 cm³/mol. The third kappa shape index (κ3) is 67.8. The fourth-order valence-electron chi connectivity index (χ4n) is 11.8. The Morgan fingerprint density at radius 3 is 0.762 bits per heavy atom. The molecule has 2 unspecified atom stereocenters. The molecule has 0 rings (SSSR count). The van der Waals surface area contributed by atoms with Crippen LogP contribution in [0.2, 0.25) is 0 Å². The van der Waals surface area contributed by atoms with Gasteiger partial charge in [-0.05, 0) is 12.8 Å². The van der Waals surface area contributed by atoms with E-state index < -0.39 is 18.4 Å². The van der Waals surface area contributed by atoms with Gasteiger partial charge in [0.1, 0.15) is 13.2 Å². The molecule has 0 amide bonds. The number of hydrogen-bond acceptors (Lipinski definition) is 7. The van der Waals surface area contributed by atoms with E-state index in [2.05, 4.69) is 13.8 Å². The Morgan fingerprint density at radius 2 is 0.536 bits per heavy atom. The molecule has 0 aromatic rings. The first-order valence-electron chi connectivity index (χ1n) is 37.7. The number of esters is 2. The molecule has 9 heteroatoms. The van der Waals surface area contributed by atoms with Crippen molar-refractivity contribution >= 4 is 17.9 Å². The van der Waals surface area contributed by atoms with Gasteiger partial charge in [-0.15, -0.1) is 0 Å². The van der Waals surface area contributed by atoms with E-state index in [9.17, 15) is 19.5 Å². The van der Waals surface area contributed by atoms with Gasteiger partial charge in [-0.1, -0.05) is 380 Å². The average Bonchev–Trinajstić information content (AvgIpc) is 3.55. The molecule has 2 atom stereocenters. The molecule has 0 heterocycles. The lowest BCUT2D eigenvalue weighted by molar-refractivity contribution is -0.870. The highest BCUT2D eigenvalue weighted by Gasteiger charge is 2.25. The SMILES string of the molecule is CCCCCCCCCCCCCCCCCCCCCCCCCCCCCCCCCCCCCCCC(=O)OC(COC(=O)CCCCCCCCCCCCCCCCCCCCCCCC)COC(OCC[N+](C)(C)C)C(=O)O. The second-order valence-electron chi connectivity index (χ2n) is 27.3. The van der Waals surface area contributed by atoms with Gasteiger partial charge in [-0.25, -0.2) is 4.79 Å². The summed E-state index contributed by atoms with van der Waals surface area (Å²) < 4.78 is 23.0. The topological polar surface area (TPSA) is 108 Å². The number of carboxylic acids is 1. The van der Waals surface area contributed by atoms with Gasteiger partial charge in [-0.2, -0.15) is 0 Å². The second-order valence-corrected chi connectivity index (χ2v) is 27.3. The number of carboxylic acid groups (broad SMARTS) is 1. The first-order valence-corrected chi connectivity index (χ1v) is 37.7. The molecular weight excluding hydrogens is 1040 g/mol. The number of ether oxygens (including phenoxy) is 4. The number of hydrogen-bond donors (Lipinski definition) is 1. The monoisotopic (exact) mass is 1190 g/mol. The van der Waals surface area contributed by atoms with Crippen molar-refractivity contribution in [3.05, 3.63) is 0 Å². The van der Waals surface area contributed by atoms with Crippen LogP contribution in [0.1, 0.15) is 406 Å². The largest absolute Gasteiger partial charge is 0.477 e. The summed E-state index contributed by atoms with van der Waals surface area (Å²) in [5.74, 6) is -1.96. The number of aliphatic carboxylic acids is 1. The Bertz CT molecular complexity index is 1340. The Hall–Kier alpha value is -1.71. The maximum atomic E-state index is 13.0. The molecule has 0 aliphatic heterocycles. The number of likely N-dealkylation sites (N-methyl/N-ethyl adjacent to an activating group) is 1. The van der Waals surface area contributed by atoms with Crippen molar-refractivity contribution in [3.8, 4) is 0 Å². The summed E-state index contributed by atoms with van der Waals surface area (Å²) in [7, 11) is 6.00. The normalized spacial score (nSPS) is 12.5. The van der Waals surface area contributed by atoms with E-state index in [1.54, 1.807) is 0 Å². The summed E-state index contributed by atoms with van der Waals surface area (Å²) >= 11 is 0. The van der Waals surface area contributed by atoms with E-state index in [-0.39, 0.29) is 38.2 Å². The number of quaternary nitrogens is 1. The lowest BCUT2D eigenvalue weighted by atomic mass is 10.0. The van der Waals surface area contributed by atoms with Crippen LogP contribution in [-0.2, 0) is 33.3 Å². The molecule has 0 aromatic heterocycles. The van der Waals surface area contributed by atoms with Gasteiger partial charge < -0.3 is 28.5 Å². The van der Waals surface area contributed by atoms with Crippen molar-refractivity contribution in [1.29, 1.82) is 0 Å². The average molecular weight is 1190 g/mol. The smallest absolute Gasteiger partial charge is 0.361 e. The van der Waals surface area contributed by atoms with Crippen LogP contribution in [0.25, 0.3) is 0 Å². The van der Waals surface area contributed by atoms with Crippen LogP contribution in [0.5, 0.6) is 0 Å². The molecule has 0 aliphatic carbocycles. The van der Waals surface area contributed by atoms with Crippen LogP contribution in [0.4, 0.5) is 0 Å². The maximum Gasteiger partial charge on any atom is 0.361 e. The van der Waals surface area contributed by atoms with E-state index in [0.29, 0.717) is 17.4 Å². The minimum atomic E-state index is -1.50. The quantitative estimate of drug-likeness (QED) is 0.0278. The highest BCUT2D eigenvalue weighted by molar-refractivity contribution is 5.71. The van der Waals surface area contributed by atoms with Crippen molar-refractivity contribution < 1.29 is 42.9 Å². The zero-order valence-corrected chi connectivity index (χ0v) is 57.4. The first-order chi connectivity index (χ1) is 41.1. The highest BCUT2D eigenvalue weighted by Crippen LogP contribution is 2.20. The van der Waals surface area contributed by atoms with E-state index in [1.807, 2.05) is 21.1 Å². The van der Waals surface area contributed by atoms with Crippen LogP contribution in [0, 0.1) is 0 Å². The molecule has 0 bridgehead atoms. The first kappa shape index (κ1) is 82.3. The van der Waals surface area contributed by atoms with Gasteiger partial charge in [0.05, 0.1) is 34.4 Å². The molecule has 0 saturated heterocycles. The van der Waals surface area contributed by atoms with Gasteiger partial charge in [0.15, 0.2) is 6.10 Å². The van der Waals surface area contributed by atoms with Gasteiger partial charge in [0.2, 0.25) is 0 Å². The molecule has 1 N–H and O–H groups in total. The summed E-state index contributed by atoms with van der Waals surface area (Å²) in [6.45, 7) is 4.98. The zero-order valence-electron chi connectivity index (χ0n) is 57.4. The van der Waals surface area contributed by atoms with Crippen LogP contribution in [0.15, 0.2) is 0 Å². The Labute approximate surface area is 523 Å². The van der Waals surface area contributed by atoms with Crippen molar-refractivity contribution in [2.24, 2.45) is 0 Å². The van der Waals surface area contributed by atoms with E-state index in [4.69, 9.17) is 18.9 Å². The number of carbonyl (C=O) groups excluding carboxylic acids is 2. The number of rotatable bonds is 72. The maximum absolute atomic E-state index is 13.0. The zero-order chi connectivity index (χ0) is 61.2. The Balaban J connectivity index is 3.94. The molecule has 0 spiro atoms. The molecule has 84 heavy (non-hydrogen) atoms. The minimum absolute atomic E-state index is 0.172. The molecule has 0 aromatic carbocycles. The molecule has 0 fully saturated rings. The summed E-state index contributed by atoms with van der Waals surface area (Å²) in [6.07, 6.45) is 78.2. The second kappa shape index (κ2) is 67.2. The third-order valence-electron chi connectivity index (χ3n) is 17.6. The summed E-state index contributed by atoms with van der Waals surface area (Å²) in [5.41, 5.74) is 0. The van der Waals surface area contributed by atoms with Crippen LogP contribution < -0.4 is 0 Å². The Morgan fingerprint density at radius 1 is 0.310 bits per heavy atom. The summed E-state index contributed by atoms with van der Waals surface area (Å²) in [5, 5.41) is 9.75. The summed E-state index contributed by atoms with van der Waals surface area (Å²) in [4.78, 5) is 37.6. The summed E-state index contributed by atoms with van der Waals surface area (Å²) in [6, 6.07) is 0. The Kier molecular flexibility index (Phi) is 65.9. The van der Waals surface area contributed by atoms with Crippen LogP contribution in [0.3, 0.4) is 0 Å². The van der Waals surface area contributed by atoms with Crippen molar-refractivity contribution in [1.82, 2.24) is 0 Å². The standard InChI is InChI=1S/C75H147NO8/c1-6-8-10-12-14-16-18-20-22-24-26-28-30-31-32-33-34-35-36-37-38-39-40-41-42-43-44-46-48-50-52-54-56-58-60-62-64-66-73(78)84-71(70-83-75(74(79)80)81-68-67-76(3,4)5)69-82-72(77)65-63-61-59-57-55-53-51-49-47-45-29-27-25-23-21-19-17-15-13-11-9-7-2/h71,75H,6-70H2,1-5H3/p+1. The molecule has 0 saturated carbocycles. The van der Waals surface area contributed by atoms with Gasteiger partial charge in [0.25, 0.3) is 6.29 Å². The third-order valence-corrected chi connectivity index (χ3v) is 17.6.